The highest BCUT2D eigenvalue weighted by Gasteiger charge is 2.44. The number of hydrogen-bond acceptors (Lipinski definition) is 4. The van der Waals surface area contributed by atoms with Crippen molar-refractivity contribution >= 4 is 0 Å². The van der Waals surface area contributed by atoms with Gasteiger partial charge in [-0.05, 0) is 60.9 Å². The van der Waals surface area contributed by atoms with Crippen LogP contribution >= 0.6 is 0 Å². The van der Waals surface area contributed by atoms with Gasteiger partial charge in [0.05, 0.1) is 19.1 Å². The Hall–Kier alpha value is -3.24. The minimum Gasteiger partial charge on any atom is -0.489 e. The molecule has 0 atom stereocenters. The van der Waals surface area contributed by atoms with Gasteiger partial charge in [0.1, 0.15) is 23.9 Å². The molecule has 2 aliphatic rings. The number of benzene rings is 3. The minimum atomic E-state index is -3.73. The highest BCUT2D eigenvalue weighted by molar-refractivity contribution is 5.31. The topological polar surface area (TPSA) is 36.9 Å². The SMILES string of the molecule is CC1COC(c2ccc(OCc3ccc(C4CCC(C(F)(F)Oc5cc(F)c(F)c(F)c5)CC4)c(F)c3)cc2)OC1. The van der Waals surface area contributed by atoms with Crippen LogP contribution in [0.3, 0.4) is 0 Å². The Bertz CT molecular complexity index is 1310. The normalized spacial score (nSPS) is 23.3. The predicted molar refractivity (Wildman–Crippen MR) is 138 cm³/mol. The van der Waals surface area contributed by atoms with E-state index < -0.39 is 47.3 Å². The molecular weight excluding hydrogens is 550 g/mol. The maximum Gasteiger partial charge on any atom is 0.400 e. The smallest absolute Gasteiger partial charge is 0.400 e. The van der Waals surface area contributed by atoms with Crippen molar-refractivity contribution in [2.45, 2.75) is 57.5 Å². The molecule has 1 saturated heterocycles. The standard InChI is InChI=1S/C31H30F6O4/c1-18-15-39-30(40-16-18)21-5-9-23(10-6-21)38-17-19-2-11-25(26(32)12-19)20-3-7-22(8-4-20)31(36,37)41-24-13-27(33)29(35)28(34)14-24/h2,5-6,9-14,18,20,22,30H,3-4,7-8,15-17H2,1H3. The molecule has 3 aromatic carbocycles. The summed E-state index contributed by atoms with van der Waals surface area (Å²) in [7, 11) is 0. The molecule has 41 heavy (non-hydrogen) atoms. The van der Waals surface area contributed by atoms with E-state index in [2.05, 4.69) is 11.7 Å². The number of halogens is 6. The minimum absolute atomic E-state index is 0.0140. The van der Waals surface area contributed by atoms with E-state index in [0.29, 0.717) is 48.1 Å². The van der Waals surface area contributed by atoms with Crippen molar-refractivity contribution in [3.63, 3.8) is 0 Å². The zero-order valence-corrected chi connectivity index (χ0v) is 22.4. The summed E-state index contributed by atoms with van der Waals surface area (Å²) in [5, 5.41) is 0. The molecule has 1 aliphatic carbocycles. The fourth-order valence-electron chi connectivity index (χ4n) is 5.24. The summed E-state index contributed by atoms with van der Waals surface area (Å²) in [6.07, 6.45) is -3.54. The molecule has 0 unspecified atom stereocenters. The van der Waals surface area contributed by atoms with E-state index in [1.54, 1.807) is 24.3 Å². The summed E-state index contributed by atoms with van der Waals surface area (Å²) in [5.74, 6) is -6.77. The molecule has 1 heterocycles. The Balaban J connectivity index is 1.13. The molecular formula is C31H30F6O4. The van der Waals surface area contributed by atoms with Gasteiger partial charge in [-0.25, -0.2) is 17.6 Å². The van der Waals surface area contributed by atoms with Gasteiger partial charge in [0.2, 0.25) is 0 Å². The molecule has 0 aromatic heterocycles. The second-order valence-corrected chi connectivity index (χ2v) is 10.7. The average Bonchev–Trinajstić information content (AvgIpc) is 2.95. The Kier molecular flexibility index (Phi) is 8.79. The van der Waals surface area contributed by atoms with Gasteiger partial charge in [-0.2, -0.15) is 8.78 Å². The molecule has 0 N–H and O–H groups in total. The van der Waals surface area contributed by atoms with E-state index in [-0.39, 0.29) is 38.2 Å². The quantitative estimate of drug-likeness (QED) is 0.198. The highest BCUT2D eigenvalue weighted by atomic mass is 19.3. The van der Waals surface area contributed by atoms with E-state index in [0.717, 1.165) is 5.56 Å². The van der Waals surface area contributed by atoms with Gasteiger partial charge in [-0.15, -0.1) is 0 Å². The molecule has 4 nitrogen and oxygen atoms in total. The Labute approximate surface area is 234 Å². The Morgan fingerprint density at radius 3 is 2.02 bits per heavy atom. The van der Waals surface area contributed by atoms with Crippen LogP contribution in [-0.4, -0.2) is 19.3 Å². The molecule has 10 heteroatoms. The fraction of sp³-hybridized carbons (Fsp3) is 0.419. The fourth-order valence-corrected chi connectivity index (χ4v) is 5.24. The van der Waals surface area contributed by atoms with Crippen molar-refractivity contribution < 1.29 is 45.3 Å². The maximum atomic E-state index is 15.0. The molecule has 3 aromatic rings. The molecule has 1 saturated carbocycles. The molecule has 0 radical (unpaired) electrons. The first kappa shape index (κ1) is 29.3. The van der Waals surface area contributed by atoms with Crippen LogP contribution in [0.15, 0.2) is 54.6 Å². The Morgan fingerprint density at radius 2 is 1.41 bits per heavy atom. The lowest BCUT2D eigenvalue weighted by atomic mass is 9.78. The van der Waals surface area contributed by atoms with Crippen LogP contribution in [0.25, 0.3) is 0 Å². The van der Waals surface area contributed by atoms with Gasteiger partial charge in [0, 0.05) is 23.6 Å². The van der Waals surface area contributed by atoms with E-state index in [1.165, 1.54) is 6.07 Å². The zero-order chi connectivity index (χ0) is 29.1. The van der Waals surface area contributed by atoms with E-state index >= 15 is 4.39 Å². The Morgan fingerprint density at radius 1 is 0.780 bits per heavy atom. The highest BCUT2D eigenvalue weighted by Crippen LogP contribution is 2.44. The van der Waals surface area contributed by atoms with E-state index in [4.69, 9.17) is 14.2 Å². The van der Waals surface area contributed by atoms with Gasteiger partial charge < -0.3 is 18.9 Å². The van der Waals surface area contributed by atoms with Crippen LogP contribution in [0.2, 0.25) is 0 Å². The van der Waals surface area contributed by atoms with Crippen LogP contribution in [0.4, 0.5) is 26.3 Å². The lowest BCUT2D eigenvalue weighted by Crippen LogP contribution is -2.37. The molecule has 5 rings (SSSR count). The van der Waals surface area contributed by atoms with Gasteiger partial charge in [-0.3, -0.25) is 0 Å². The average molecular weight is 581 g/mol. The van der Waals surface area contributed by atoms with Crippen molar-refractivity contribution in [2.24, 2.45) is 11.8 Å². The number of rotatable bonds is 8. The van der Waals surface area contributed by atoms with Gasteiger partial charge >= 0.3 is 6.11 Å². The van der Waals surface area contributed by atoms with Crippen LogP contribution < -0.4 is 9.47 Å². The van der Waals surface area contributed by atoms with Crippen LogP contribution in [0.1, 0.15) is 61.5 Å². The summed E-state index contributed by atoms with van der Waals surface area (Å²) in [6.45, 7) is 3.47. The monoisotopic (exact) mass is 580 g/mol. The second-order valence-electron chi connectivity index (χ2n) is 10.7. The van der Waals surface area contributed by atoms with Crippen molar-refractivity contribution in [2.75, 3.05) is 13.2 Å². The second kappa shape index (κ2) is 12.3. The lowest BCUT2D eigenvalue weighted by Gasteiger charge is -2.33. The summed E-state index contributed by atoms with van der Waals surface area (Å²) >= 11 is 0. The summed E-state index contributed by atoms with van der Waals surface area (Å²) < 4.78 is 106. The largest absolute Gasteiger partial charge is 0.489 e. The van der Waals surface area contributed by atoms with Crippen molar-refractivity contribution in [3.05, 3.63) is 94.6 Å². The van der Waals surface area contributed by atoms with Crippen molar-refractivity contribution in [3.8, 4) is 11.5 Å². The summed E-state index contributed by atoms with van der Waals surface area (Å²) in [6, 6.07) is 12.9. The first-order valence-electron chi connectivity index (χ1n) is 13.5. The molecule has 0 amide bonds. The molecule has 1 aliphatic heterocycles. The number of ether oxygens (including phenoxy) is 4. The van der Waals surface area contributed by atoms with E-state index in [1.807, 2.05) is 12.1 Å². The van der Waals surface area contributed by atoms with Gasteiger partial charge in [0.15, 0.2) is 23.7 Å². The summed E-state index contributed by atoms with van der Waals surface area (Å²) in [4.78, 5) is 0. The third-order valence-corrected chi connectivity index (χ3v) is 7.54. The number of alkyl halides is 2. The maximum absolute atomic E-state index is 15.0. The first-order chi connectivity index (χ1) is 19.6. The molecule has 0 spiro atoms. The third kappa shape index (κ3) is 6.98. The van der Waals surface area contributed by atoms with Crippen LogP contribution in [0, 0.1) is 35.1 Å². The van der Waals surface area contributed by atoms with E-state index in [9.17, 15) is 22.0 Å². The predicted octanol–water partition coefficient (Wildman–Crippen LogP) is 8.45. The first-order valence-corrected chi connectivity index (χ1v) is 13.5. The molecule has 2 fully saturated rings. The lowest BCUT2D eigenvalue weighted by molar-refractivity contribution is -0.222. The molecule has 220 valence electrons. The zero-order valence-electron chi connectivity index (χ0n) is 22.4. The van der Waals surface area contributed by atoms with Crippen molar-refractivity contribution in [1.82, 2.24) is 0 Å². The van der Waals surface area contributed by atoms with Gasteiger partial charge in [0.25, 0.3) is 0 Å². The molecule has 0 bridgehead atoms. The van der Waals surface area contributed by atoms with Gasteiger partial charge in [-0.1, -0.05) is 31.2 Å². The third-order valence-electron chi connectivity index (χ3n) is 7.54. The van der Waals surface area contributed by atoms with Crippen LogP contribution in [0.5, 0.6) is 11.5 Å². The number of hydrogen-bond donors (Lipinski definition) is 0. The van der Waals surface area contributed by atoms with Crippen LogP contribution in [-0.2, 0) is 16.1 Å². The van der Waals surface area contributed by atoms with Crippen molar-refractivity contribution in [1.29, 1.82) is 0 Å². The summed E-state index contributed by atoms with van der Waals surface area (Å²) in [5.41, 5.74) is 1.94.